The summed E-state index contributed by atoms with van der Waals surface area (Å²) < 4.78 is 17.9. The van der Waals surface area contributed by atoms with E-state index >= 15 is 0 Å². The van der Waals surface area contributed by atoms with E-state index in [1.165, 1.54) is 30.3 Å². The second-order valence-electron chi connectivity index (χ2n) is 3.79. The number of hydrogen-bond acceptors (Lipinski definition) is 2. The fourth-order valence-electron chi connectivity index (χ4n) is 1.43. The smallest absolute Gasteiger partial charge is 0.200 e. The van der Waals surface area contributed by atoms with E-state index in [9.17, 15) is 9.18 Å². The van der Waals surface area contributed by atoms with Gasteiger partial charge in [0.1, 0.15) is 11.6 Å². The second kappa shape index (κ2) is 6.04. The average Bonchev–Trinajstić information content (AvgIpc) is 2.41. The first-order valence-corrected chi connectivity index (χ1v) is 6.18. The Balaban J connectivity index is 2.01. The molecule has 0 heterocycles. The lowest BCUT2D eigenvalue weighted by Gasteiger charge is -2.06. The number of benzene rings is 2. The van der Waals surface area contributed by atoms with Crippen LogP contribution in [0.4, 0.5) is 4.39 Å². The Hall–Kier alpha value is -1.58. The Kier molecular flexibility index (Phi) is 4.40. The van der Waals surface area contributed by atoms with Crippen LogP contribution in [0.25, 0.3) is 0 Å². The van der Waals surface area contributed by atoms with Gasteiger partial charge in [0.05, 0.1) is 10.0 Å². The number of halogens is 3. The molecule has 0 aromatic heterocycles. The third kappa shape index (κ3) is 3.69. The van der Waals surface area contributed by atoms with Crippen molar-refractivity contribution in [2.24, 2.45) is 0 Å². The number of ketones is 1. The van der Waals surface area contributed by atoms with Crippen LogP contribution in [0.5, 0.6) is 5.75 Å². The van der Waals surface area contributed by atoms with Crippen molar-refractivity contribution in [2.45, 2.75) is 0 Å². The first kappa shape index (κ1) is 13.8. The molecule has 2 aromatic rings. The zero-order valence-electron chi connectivity index (χ0n) is 9.70. The highest BCUT2D eigenvalue weighted by molar-refractivity contribution is 6.42. The van der Waals surface area contributed by atoms with Gasteiger partial charge in [-0.05, 0) is 42.5 Å². The maximum Gasteiger partial charge on any atom is 0.200 e. The molecule has 0 saturated carbocycles. The molecule has 0 fully saturated rings. The zero-order valence-corrected chi connectivity index (χ0v) is 11.2. The maximum absolute atomic E-state index is 12.7. The monoisotopic (exact) mass is 298 g/mol. The normalized spacial score (nSPS) is 10.3. The highest BCUT2D eigenvalue weighted by Gasteiger charge is 2.09. The van der Waals surface area contributed by atoms with E-state index in [1.807, 2.05) is 0 Å². The third-order valence-electron chi connectivity index (χ3n) is 2.43. The average molecular weight is 299 g/mol. The van der Waals surface area contributed by atoms with Crippen LogP contribution in [0.2, 0.25) is 10.0 Å². The van der Waals surface area contributed by atoms with E-state index in [-0.39, 0.29) is 18.2 Å². The van der Waals surface area contributed by atoms with Gasteiger partial charge >= 0.3 is 0 Å². The van der Waals surface area contributed by atoms with E-state index in [2.05, 4.69) is 0 Å². The molecule has 0 amide bonds. The maximum atomic E-state index is 12.7. The van der Waals surface area contributed by atoms with Crippen LogP contribution >= 0.6 is 23.2 Å². The highest BCUT2D eigenvalue weighted by atomic mass is 35.5. The molecule has 0 bridgehead atoms. The molecule has 19 heavy (non-hydrogen) atoms. The molecular weight excluding hydrogens is 290 g/mol. The highest BCUT2D eigenvalue weighted by Crippen LogP contribution is 2.23. The Morgan fingerprint density at radius 3 is 2.37 bits per heavy atom. The molecule has 2 nitrogen and oxygen atoms in total. The number of ether oxygens (including phenoxy) is 1. The van der Waals surface area contributed by atoms with Crippen LogP contribution < -0.4 is 4.74 Å². The van der Waals surface area contributed by atoms with Crippen molar-refractivity contribution in [3.05, 3.63) is 63.9 Å². The van der Waals surface area contributed by atoms with E-state index < -0.39 is 0 Å². The van der Waals surface area contributed by atoms with Gasteiger partial charge in [0.15, 0.2) is 12.4 Å². The number of Topliss-reactive ketones (excluding diaryl/α,β-unsaturated/α-hetero) is 1. The van der Waals surface area contributed by atoms with Crippen molar-refractivity contribution in [1.82, 2.24) is 0 Å². The predicted molar refractivity (Wildman–Crippen MR) is 72.7 cm³/mol. The van der Waals surface area contributed by atoms with Gasteiger partial charge in [0.2, 0.25) is 0 Å². The molecule has 98 valence electrons. The molecule has 0 aliphatic heterocycles. The zero-order chi connectivity index (χ0) is 13.8. The lowest BCUT2D eigenvalue weighted by molar-refractivity contribution is 0.0921. The van der Waals surface area contributed by atoms with Crippen molar-refractivity contribution in [1.29, 1.82) is 0 Å². The van der Waals surface area contributed by atoms with Gasteiger partial charge in [-0.3, -0.25) is 4.79 Å². The minimum Gasteiger partial charge on any atom is -0.485 e. The van der Waals surface area contributed by atoms with Crippen LogP contribution in [0, 0.1) is 5.82 Å². The summed E-state index contributed by atoms with van der Waals surface area (Å²) >= 11 is 11.6. The van der Waals surface area contributed by atoms with Crippen molar-refractivity contribution in [3.8, 4) is 5.75 Å². The van der Waals surface area contributed by atoms with Crippen LogP contribution in [0.1, 0.15) is 10.4 Å². The van der Waals surface area contributed by atoms with Crippen molar-refractivity contribution in [2.75, 3.05) is 6.61 Å². The van der Waals surface area contributed by atoms with E-state index in [4.69, 9.17) is 27.9 Å². The number of hydrogen-bond donors (Lipinski definition) is 0. The molecule has 2 aromatic carbocycles. The van der Waals surface area contributed by atoms with E-state index in [1.54, 1.807) is 12.1 Å². The fraction of sp³-hybridized carbons (Fsp3) is 0.0714. The van der Waals surface area contributed by atoms with Crippen molar-refractivity contribution in [3.63, 3.8) is 0 Å². The van der Waals surface area contributed by atoms with Crippen molar-refractivity contribution >= 4 is 29.0 Å². The lowest BCUT2D eigenvalue weighted by Crippen LogP contribution is -2.11. The Morgan fingerprint density at radius 2 is 1.74 bits per heavy atom. The standard InChI is InChI=1S/C14H9Cl2FO2/c15-12-6-1-9(7-13(12)16)14(18)8-19-11-4-2-10(17)3-5-11/h1-7H,8H2. The molecule has 0 aliphatic carbocycles. The molecule has 0 saturated heterocycles. The van der Waals surface area contributed by atoms with Crippen molar-refractivity contribution < 1.29 is 13.9 Å². The Labute approximate surface area is 119 Å². The summed E-state index contributed by atoms with van der Waals surface area (Å²) in [5.41, 5.74) is 0.413. The van der Waals surface area contributed by atoms with Gasteiger partial charge in [0.25, 0.3) is 0 Å². The second-order valence-corrected chi connectivity index (χ2v) is 4.61. The topological polar surface area (TPSA) is 26.3 Å². The summed E-state index contributed by atoms with van der Waals surface area (Å²) in [6.45, 7) is -0.149. The largest absolute Gasteiger partial charge is 0.485 e. The van der Waals surface area contributed by atoms with E-state index in [0.717, 1.165) is 0 Å². The van der Waals surface area contributed by atoms with Crippen LogP contribution in [-0.2, 0) is 0 Å². The Bertz CT molecular complexity index is 597. The summed E-state index contributed by atoms with van der Waals surface area (Å²) in [4.78, 5) is 11.8. The van der Waals surface area contributed by atoms with Gasteiger partial charge in [-0.15, -0.1) is 0 Å². The summed E-state index contributed by atoms with van der Waals surface area (Å²) in [6, 6.07) is 10.0. The van der Waals surface area contributed by atoms with Crippen LogP contribution in [-0.4, -0.2) is 12.4 Å². The van der Waals surface area contributed by atoms with Gasteiger partial charge in [-0.25, -0.2) is 4.39 Å². The first-order chi connectivity index (χ1) is 9.06. The molecule has 0 unspecified atom stereocenters. The number of rotatable bonds is 4. The summed E-state index contributed by atoms with van der Waals surface area (Å²) in [6.07, 6.45) is 0. The van der Waals surface area contributed by atoms with Gasteiger partial charge < -0.3 is 4.74 Å². The fourth-order valence-corrected chi connectivity index (χ4v) is 1.73. The molecule has 2 rings (SSSR count). The SMILES string of the molecule is O=C(COc1ccc(F)cc1)c1ccc(Cl)c(Cl)c1. The van der Waals surface area contributed by atoms with Gasteiger partial charge in [-0.1, -0.05) is 23.2 Å². The molecule has 0 radical (unpaired) electrons. The van der Waals surface area contributed by atoms with Gasteiger partial charge in [-0.2, -0.15) is 0 Å². The molecule has 0 atom stereocenters. The van der Waals surface area contributed by atoms with Gasteiger partial charge in [0, 0.05) is 5.56 Å². The molecule has 5 heteroatoms. The molecular formula is C14H9Cl2FO2. The molecule has 0 N–H and O–H groups in total. The minimum atomic E-state index is -0.358. The Morgan fingerprint density at radius 1 is 1.05 bits per heavy atom. The minimum absolute atomic E-state index is 0.149. The van der Waals surface area contributed by atoms with Crippen LogP contribution in [0.15, 0.2) is 42.5 Å². The summed E-state index contributed by atoms with van der Waals surface area (Å²) in [5, 5.41) is 0.701. The molecule has 0 aliphatic rings. The quantitative estimate of drug-likeness (QED) is 0.782. The van der Waals surface area contributed by atoms with Crippen LogP contribution in [0.3, 0.4) is 0 Å². The first-order valence-electron chi connectivity index (χ1n) is 5.43. The summed E-state index contributed by atoms with van der Waals surface area (Å²) in [5.74, 6) is -0.166. The number of carbonyl (C=O) groups excluding carboxylic acids is 1. The molecule has 0 spiro atoms. The lowest BCUT2D eigenvalue weighted by atomic mass is 10.1. The third-order valence-corrected chi connectivity index (χ3v) is 3.16. The predicted octanol–water partition coefficient (Wildman–Crippen LogP) is 4.39. The number of carbonyl (C=O) groups is 1. The summed E-state index contributed by atoms with van der Waals surface area (Å²) in [7, 11) is 0. The van der Waals surface area contributed by atoms with E-state index in [0.29, 0.717) is 21.4 Å².